The van der Waals surface area contributed by atoms with Crippen molar-refractivity contribution < 1.29 is 13.2 Å². The third-order valence-electron chi connectivity index (χ3n) is 5.19. The molecule has 4 rings (SSSR count). The number of rotatable bonds is 3. The van der Waals surface area contributed by atoms with Gasteiger partial charge in [0.25, 0.3) is 5.56 Å². The van der Waals surface area contributed by atoms with Crippen molar-refractivity contribution in [2.24, 2.45) is 5.92 Å². The third kappa shape index (κ3) is 3.29. The van der Waals surface area contributed by atoms with Gasteiger partial charge in [0, 0.05) is 10.9 Å². The Labute approximate surface area is 155 Å². The topological polar surface area (TPSA) is 98.1 Å². The van der Waals surface area contributed by atoms with Gasteiger partial charge in [0.05, 0.1) is 23.2 Å². The highest BCUT2D eigenvalue weighted by Gasteiger charge is 2.29. The highest BCUT2D eigenvalue weighted by Crippen LogP contribution is 2.35. The molecule has 2 atom stereocenters. The van der Waals surface area contributed by atoms with E-state index in [1.807, 2.05) is 0 Å². The Morgan fingerprint density at radius 1 is 1.42 bits per heavy atom. The molecule has 0 unspecified atom stereocenters. The van der Waals surface area contributed by atoms with Gasteiger partial charge in [0.15, 0.2) is 9.84 Å². The van der Waals surface area contributed by atoms with Gasteiger partial charge in [-0.05, 0) is 37.2 Å². The van der Waals surface area contributed by atoms with E-state index in [9.17, 15) is 18.0 Å². The zero-order valence-corrected chi connectivity index (χ0v) is 16.2. The first-order chi connectivity index (χ1) is 12.3. The molecule has 1 amide bonds. The van der Waals surface area contributed by atoms with Gasteiger partial charge in [-0.15, -0.1) is 11.3 Å². The SMILES string of the molecule is C[C@@H]1CCc2c(sc3ncn(CC(=O)N[C@@H]4CCS(=O)(=O)C4)c(=O)c23)C1. The number of aryl methyl sites for hydroxylation is 1. The van der Waals surface area contributed by atoms with E-state index in [0.29, 0.717) is 17.7 Å². The quantitative estimate of drug-likeness (QED) is 0.832. The van der Waals surface area contributed by atoms with Gasteiger partial charge >= 0.3 is 0 Å². The van der Waals surface area contributed by atoms with Crippen LogP contribution in [0.15, 0.2) is 11.1 Å². The highest BCUT2D eigenvalue weighted by molar-refractivity contribution is 7.91. The fraction of sp³-hybridized carbons (Fsp3) is 0.588. The standard InChI is InChI=1S/C17H21N3O4S2/c1-10-2-3-12-13(6-10)25-16-15(12)17(22)20(9-18-16)7-14(21)19-11-4-5-26(23,24)8-11/h9-11H,2-8H2,1H3,(H,19,21)/t10-,11-/m1/s1. The van der Waals surface area contributed by atoms with Crippen LogP contribution in [0.25, 0.3) is 10.2 Å². The van der Waals surface area contributed by atoms with E-state index < -0.39 is 9.84 Å². The van der Waals surface area contributed by atoms with Crippen LogP contribution >= 0.6 is 11.3 Å². The Morgan fingerprint density at radius 3 is 2.96 bits per heavy atom. The van der Waals surface area contributed by atoms with Crippen LogP contribution in [0.1, 0.15) is 30.2 Å². The average Bonchev–Trinajstić information content (AvgIpc) is 3.09. The van der Waals surface area contributed by atoms with Crippen LogP contribution in [0, 0.1) is 5.92 Å². The summed E-state index contributed by atoms with van der Waals surface area (Å²) in [7, 11) is -3.05. The monoisotopic (exact) mass is 395 g/mol. The van der Waals surface area contributed by atoms with Gasteiger partial charge in [0.1, 0.15) is 11.4 Å². The lowest BCUT2D eigenvalue weighted by Crippen LogP contribution is -2.39. The summed E-state index contributed by atoms with van der Waals surface area (Å²) < 4.78 is 24.3. The minimum Gasteiger partial charge on any atom is -0.351 e. The summed E-state index contributed by atoms with van der Waals surface area (Å²) in [6.07, 6.45) is 4.76. The first-order valence-electron chi connectivity index (χ1n) is 8.82. The number of thiophene rings is 1. The molecule has 0 bridgehead atoms. The van der Waals surface area contributed by atoms with E-state index in [2.05, 4.69) is 17.2 Å². The van der Waals surface area contributed by atoms with Crippen molar-refractivity contribution in [3.8, 4) is 0 Å². The number of nitrogens with one attached hydrogen (secondary N) is 1. The molecule has 9 heteroatoms. The molecule has 1 aliphatic heterocycles. The summed E-state index contributed by atoms with van der Waals surface area (Å²) in [5.41, 5.74) is 0.911. The number of aromatic nitrogens is 2. The number of amides is 1. The second-order valence-electron chi connectivity index (χ2n) is 7.38. The van der Waals surface area contributed by atoms with Gasteiger partial charge in [-0.2, -0.15) is 0 Å². The van der Waals surface area contributed by atoms with Crippen LogP contribution in [-0.2, 0) is 34.0 Å². The van der Waals surface area contributed by atoms with E-state index in [1.165, 1.54) is 15.8 Å². The molecule has 3 heterocycles. The van der Waals surface area contributed by atoms with Gasteiger partial charge in [0.2, 0.25) is 5.91 Å². The lowest BCUT2D eigenvalue weighted by molar-refractivity contribution is -0.122. The smallest absolute Gasteiger partial charge is 0.262 e. The molecule has 26 heavy (non-hydrogen) atoms. The molecule has 0 saturated carbocycles. The minimum atomic E-state index is -3.05. The van der Waals surface area contributed by atoms with Gasteiger partial charge in [-0.3, -0.25) is 14.2 Å². The average molecular weight is 396 g/mol. The Kier molecular flexibility index (Phi) is 4.38. The molecule has 7 nitrogen and oxygen atoms in total. The fourth-order valence-corrected chi connectivity index (χ4v) is 6.83. The maximum absolute atomic E-state index is 12.9. The molecule has 2 aromatic heterocycles. The van der Waals surface area contributed by atoms with E-state index in [-0.39, 0.29) is 35.6 Å². The molecular formula is C17H21N3O4S2. The second-order valence-corrected chi connectivity index (χ2v) is 10.7. The summed E-state index contributed by atoms with van der Waals surface area (Å²) in [4.78, 5) is 31.5. The lowest BCUT2D eigenvalue weighted by Gasteiger charge is -2.17. The predicted octanol–water partition coefficient (Wildman–Crippen LogP) is 0.886. The van der Waals surface area contributed by atoms with Gasteiger partial charge < -0.3 is 5.32 Å². The van der Waals surface area contributed by atoms with Crippen LogP contribution in [0.3, 0.4) is 0 Å². The number of carbonyl (C=O) groups excluding carboxylic acids is 1. The summed E-state index contributed by atoms with van der Waals surface area (Å²) in [5.74, 6) is 0.339. The minimum absolute atomic E-state index is 0.0266. The summed E-state index contributed by atoms with van der Waals surface area (Å²) in [6.45, 7) is 2.08. The maximum Gasteiger partial charge on any atom is 0.262 e. The Hall–Kier alpha value is -1.74. The molecule has 1 aliphatic carbocycles. The van der Waals surface area contributed by atoms with Crippen LogP contribution < -0.4 is 10.9 Å². The Bertz CT molecular complexity index is 1040. The zero-order valence-electron chi connectivity index (χ0n) is 14.5. The molecule has 0 aromatic carbocycles. The highest BCUT2D eigenvalue weighted by atomic mass is 32.2. The summed E-state index contributed by atoms with van der Waals surface area (Å²) in [5, 5.41) is 3.37. The van der Waals surface area contributed by atoms with Crippen LogP contribution in [0.2, 0.25) is 0 Å². The zero-order chi connectivity index (χ0) is 18.5. The van der Waals surface area contributed by atoms with Crippen molar-refractivity contribution >= 4 is 37.3 Å². The number of nitrogens with zero attached hydrogens (tertiary/aromatic N) is 2. The molecule has 0 radical (unpaired) electrons. The molecule has 2 aliphatic rings. The third-order valence-corrected chi connectivity index (χ3v) is 8.12. The van der Waals surface area contributed by atoms with E-state index >= 15 is 0 Å². The molecule has 1 saturated heterocycles. The fourth-order valence-electron chi connectivity index (χ4n) is 3.82. The van der Waals surface area contributed by atoms with Crippen LogP contribution in [0.4, 0.5) is 0 Å². The van der Waals surface area contributed by atoms with Crippen molar-refractivity contribution in [1.82, 2.24) is 14.9 Å². The van der Waals surface area contributed by atoms with Gasteiger partial charge in [-0.1, -0.05) is 6.92 Å². The van der Waals surface area contributed by atoms with Crippen molar-refractivity contribution in [3.63, 3.8) is 0 Å². The number of hydrogen-bond acceptors (Lipinski definition) is 6. The maximum atomic E-state index is 12.9. The number of hydrogen-bond donors (Lipinski definition) is 1. The molecule has 0 spiro atoms. The Balaban J connectivity index is 1.56. The van der Waals surface area contributed by atoms with Crippen molar-refractivity contribution in [3.05, 3.63) is 27.1 Å². The molecule has 140 valence electrons. The van der Waals surface area contributed by atoms with Crippen molar-refractivity contribution in [2.45, 2.75) is 45.2 Å². The first kappa shape index (κ1) is 17.7. The van der Waals surface area contributed by atoms with Crippen molar-refractivity contribution in [1.29, 1.82) is 0 Å². The number of sulfone groups is 1. The van der Waals surface area contributed by atoms with Crippen LogP contribution in [-0.4, -0.2) is 41.4 Å². The second kappa shape index (κ2) is 6.45. The predicted molar refractivity (Wildman–Crippen MR) is 100 cm³/mol. The summed E-state index contributed by atoms with van der Waals surface area (Å²) in [6, 6.07) is -0.365. The first-order valence-corrected chi connectivity index (χ1v) is 11.5. The van der Waals surface area contributed by atoms with E-state index in [0.717, 1.165) is 29.7 Å². The largest absolute Gasteiger partial charge is 0.351 e. The summed E-state index contributed by atoms with van der Waals surface area (Å²) >= 11 is 1.58. The van der Waals surface area contributed by atoms with E-state index in [4.69, 9.17) is 0 Å². The van der Waals surface area contributed by atoms with Crippen molar-refractivity contribution in [2.75, 3.05) is 11.5 Å². The molecule has 1 fully saturated rings. The molecular weight excluding hydrogens is 374 g/mol. The van der Waals surface area contributed by atoms with Gasteiger partial charge in [-0.25, -0.2) is 13.4 Å². The normalized spacial score (nSPS) is 24.5. The molecule has 1 N–H and O–H groups in total. The van der Waals surface area contributed by atoms with E-state index in [1.54, 1.807) is 11.3 Å². The number of fused-ring (bicyclic) bond motifs is 3. The Morgan fingerprint density at radius 2 is 2.23 bits per heavy atom. The molecule has 2 aromatic rings. The van der Waals surface area contributed by atoms with Crippen LogP contribution in [0.5, 0.6) is 0 Å². The number of carbonyl (C=O) groups is 1. The lowest BCUT2D eigenvalue weighted by atomic mass is 9.89.